The summed E-state index contributed by atoms with van der Waals surface area (Å²) in [7, 11) is 0. The van der Waals surface area contributed by atoms with E-state index in [0.29, 0.717) is 18.6 Å². The highest BCUT2D eigenvalue weighted by Crippen LogP contribution is 2.09. The summed E-state index contributed by atoms with van der Waals surface area (Å²) in [6, 6.07) is 0. The molecule has 0 radical (unpaired) electrons. The molecule has 2 unspecified atom stereocenters. The third-order valence-corrected chi connectivity index (χ3v) is 2.48. The Morgan fingerprint density at radius 1 is 1.59 bits per heavy atom. The predicted molar refractivity (Wildman–Crippen MR) is 61.8 cm³/mol. The van der Waals surface area contributed by atoms with E-state index >= 15 is 0 Å². The van der Waals surface area contributed by atoms with Crippen LogP contribution in [0.25, 0.3) is 0 Å². The van der Waals surface area contributed by atoms with E-state index in [-0.39, 0.29) is 0 Å². The first-order chi connectivity index (χ1) is 8.19. The second kappa shape index (κ2) is 9.70. The number of ether oxygens (including phenoxy) is 2. The van der Waals surface area contributed by atoms with Gasteiger partial charge in [0.2, 0.25) is 18.4 Å². The highest BCUT2D eigenvalue weighted by atomic mass is 32.2. The molecule has 0 fully saturated rings. The van der Waals surface area contributed by atoms with Crippen molar-refractivity contribution >= 4 is 23.8 Å². The van der Waals surface area contributed by atoms with Gasteiger partial charge in [-0.15, -0.1) is 0 Å². The van der Waals surface area contributed by atoms with Gasteiger partial charge in [0.1, 0.15) is 0 Å². The minimum absolute atomic E-state index is 0.364. The van der Waals surface area contributed by atoms with E-state index in [4.69, 9.17) is 10.00 Å². The van der Waals surface area contributed by atoms with Gasteiger partial charge >= 0.3 is 5.97 Å². The fraction of sp³-hybridized carbons (Fsp3) is 0.700. The Morgan fingerprint density at radius 3 is 2.76 bits per heavy atom. The van der Waals surface area contributed by atoms with E-state index in [2.05, 4.69) is 9.73 Å². The minimum Gasteiger partial charge on any atom is -0.436 e. The molecule has 0 saturated carbocycles. The summed E-state index contributed by atoms with van der Waals surface area (Å²) in [5, 5.41) is 8.41. The smallest absolute Gasteiger partial charge is 0.350 e. The Bertz CT molecular complexity index is 323. The highest BCUT2D eigenvalue weighted by Gasteiger charge is 2.24. The largest absolute Gasteiger partial charge is 0.436 e. The van der Waals surface area contributed by atoms with Gasteiger partial charge in [-0.1, -0.05) is 6.92 Å². The number of aliphatic imine (C=N–C) groups is 1. The van der Waals surface area contributed by atoms with E-state index in [1.807, 2.05) is 6.26 Å². The number of nitriles is 1. The zero-order valence-corrected chi connectivity index (χ0v) is 10.5. The third-order valence-electron chi connectivity index (χ3n) is 1.84. The molecule has 0 amide bonds. The fourth-order valence-electron chi connectivity index (χ4n) is 0.983. The van der Waals surface area contributed by atoms with Crippen molar-refractivity contribution in [1.82, 2.24) is 0 Å². The van der Waals surface area contributed by atoms with Gasteiger partial charge in [-0.2, -0.15) is 22.0 Å². The van der Waals surface area contributed by atoms with Crippen LogP contribution >= 0.6 is 11.8 Å². The van der Waals surface area contributed by atoms with Crippen molar-refractivity contribution in [2.45, 2.75) is 32.1 Å². The predicted octanol–water partition coefficient (Wildman–Crippen LogP) is 1.22. The van der Waals surface area contributed by atoms with Crippen molar-refractivity contribution in [2.75, 3.05) is 12.0 Å². The zero-order valence-electron chi connectivity index (χ0n) is 9.71. The van der Waals surface area contributed by atoms with Gasteiger partial charge in [0.15, 0.2) is 0 Å². The lowest BCUT2D eigenvalue weighted by atomic mass is 10.3. The maximum absolute atomic E-state index is 11.6. The number of hydrogen-bond acceptors (Lipinski definition) is 7. The van der Waals surface area contributed by atoms with Crippen LogP contribution < -0.4 is 0 Å². The first kappa shape index (κ1) is 15.5. The summed E-state index contributed by atoms with van der Waals surface area (Å²) in [4.78, 5) is 25.0. The molecule has 0 aliphatic carbocycles. The minimum atomic E-state index is -0.941. The van der Waals surface area contributed by atoms with Gasteiger partial charge in [-0.3, -0.25) is 0 Å². The SMILES string of the molecule is CCC(N=C=O)OC(=O)C(CCSC)OC#N. The van der Waals surface area contributed by atoms with Crippen LogP contribution in [0.4, 0.5) is 0 Å². The van der Waals surface area contributed by atoms with Crippen molar-refractivity contribution in [1.29, 1.82) is 5.26 Å². The number of nitrogens with zero attached hydrogens (tertiary/aromatic N) is 2. The Morgan fingerprint density at radius 2 is 2.29 bits per heavy atom. The van der Waals surface area contributed by atoms with Crippen LogP contribution in [-0.2, 0) is 19.1 Å². The van der Waals surface area contributed by atoms with Crippen LogP contribution in [-0.4, -0.2) is 36.4 Å². The number of hydrogen-bond donors (Lipinski definition) is 0. The average molecular weight is 258 g/mol. The summed E-state index contributed by atoms with van der Waals surface area (Å²) in [6.45, 7) is 1.71. The van der Waals surface area contributed by atoms with E-state index in [1.165, 1.54) is 24.1 Å². The van der Waals surface area contributed by atoms with Crippen LogP contribution in [0.2, 0.25) is 0 Å². The molecule has 2 atom stereocenters. The molecule has 0 heterocycles. The van der Waals surface area contributed by atoms with Gasteiger partial charge in [0.25, 0.3) is 6.26 Å². The van der Waals surface area contributed by atoms with Crippen molar-refractivity contribution in [3.63, 3.8) is 0 Å². The van der Waals surface area contributed by atoms with E-state index < -0.39 is 18.3 Å². The maximum Gasteiger partial charge on any atom is 0.350 e. The number of esters is 1. The maximum atomic E-state index is 11.6. The van der Waals surface area contributed by atoms with Crippen molar-refractivity contribution in [3.05, 3.63) is 0 Å². The average Bonchev–Trinajstić information content (AvgIpc) is 2.33. The lowest BCUT2D eigenvalue weighted by Gasteiger charge is -2.15. The van der Waals surface area contributed by atoms with Gasteiger partial charge in [-0.25, -0.2) is 9.59 Å². The molecule has 0 bridgehead atoms. The standard InChI is InChI=1S/C10H14N2O4S/c1-3-9(12-7-13)16-10(14)8(15-6-11)4-5-17-2/h8-9H,3-5H2,1-2H3. The molecule has 0 aromatic heterocycles. The third kappa shape index (κ3) is 6.61. The van der Waals surface area contributed by atoms with Gasteiger partial charge in [-0.05, 0) is 12.0 Å². The van der Waals surface area contributed by atoms with Crippen LogP contribution in [0.1, 0.15) is 19.8 Å². The molecule has 0 aromatic rings. The second-order valence-electron chi connectivity index (χ2n) is 3.00. The van der Waals surface area contributed by atoms with Crippen LogP contribution in [0.5, 0.6) is 0 Å². The van der Waals surface area contributed by atoms with Crippen LogP contribution in [0.3, 0.4) is 0 Å². The normalized spacial score (nSPS) is 12.8. The van der Waals surface area contributed by atoms with E-state index in [1.54, 1.807) is 6.92 Å². The van der Waals surface area contributed by atoms with Gasteiger partial charge < -0.3 is 9.47 Å². The molecule has 6 nitrogen and oxygen atoms in total. The summed E-state index contributed by atoms with van der Waals surface area (Å²) < 4.78 is 9.51. The molecular weight excluding hydrogens is 244 g/mol. The molecular formula is C10H14N2O4S. The van der Waals surface area contributed by atoms with E-state index in [0.717, 1.165) is 0 Å². The lowest BCUT2D eigenvalue weighted by molar-refractivity contribution is -0.158. The topological polar surface area (TPSA) is 88.8 Å². The Labute approximate surface area is 104 Å². The van der Waals surface area contributed by atoms with Crippen LogP contribution in [0, 0.1) is 11.5 Å². The summed E-state index contributed by atoms with van der Waals surface area (Å²) in [5.41, 5.74) is 0. The quantitative estimate of drug-likeness (QED) is 0.281. The number of rotatable bonds is 8. The Hall–Kier alpha value is -1.51. The molecule has 0 rings (SSSR count). The Balaban J connectivity index is 4.39. The first-order valence-corrected chi connectivity index (χ1v) is 6.40. The molecule has 17 heavy (non-hydrogen) atoms. The molecule has 94 valence electrons. The molecule has 0 aliphatic rings. The second-order valence-corrected chi connectivity index (χ2v) is 3.99. The van der Waals surface area contributed by atoms with Crippen LogP contribution in [0.15, 0.2) is 4.99 Å². The summed E-state index contributed by atoms with van der Waals surface area (Å²) in [5.74, 6) is -0.0266. The number of carbonyl (C=O) groups excluding carboxylic acids is 2. The molecule has 0 saturated heterocycles. The molecule has 0 aliphatic heterocycles. The monoisotopic (exact) mass is 258 g/mol. The molecule has 0 aromatic carbocycles. The van der Waals surface area contributed by atoms with Gasteiger partial charge in [0.05, 0.1) is 0 Å². The molecule has 0 spiro atoms. The lowest BCUT2D eigenvalue weighted by Crippen LogP contribution is -2.29. The highest BCUT2D eigenvalue weighted by molar-refractivity contribution is 7.98. The van der Waals surface area contributed by atoms with Crippen molar-refractivity contribution < 1.29 is 19.1 Å². The number of isocyanates is 1. The summed E-state index contributed by atoms with van der Waals surface area (Å²) in [6.07, 6.45) is 3.59. The zero-order chi connectivity index (χ0) is 13.1. The van der Waals surface area contributed by atoms with Crippen molar-refractivity contribution in [3.8, 4) is 6.26 Å². The fourth-order valence-corrected chi connectivity index (χ4v) is 1.43. The van der Waals surface area contributed by atoms with Gasteiger partial charge in [0, 0.05) is 12.8 Å². The summed E-state index contributed by atoms with van der Waals surface area (Å²) >= 11 is 1.53. The Kier molecular flexibility index (Phi) is 8.84. The van der Waals surface area contributed by atoms with Crippen molar-refractivity contribution in [2.24, 2.45) is 4.99 Å². The number of thioether (sulfide) groups is 1. The van der Waals surface area contributed by atoms with E-state index in [9.17, 15) is 9.59 Å². The number of carbonyl (C=O) groups is 1. The molecule has 0 N–H and O–H groups in total. The first-order valence-electron chi connectivity index (χ1n) is 5.00. The molecule has 7 heteroatoms.